The van der Waals surface area contributed by atoms with E-state index in [0.717, 1.165) is 6.42 Å². The molecule has 0 heterocycles. The molecule has 0 rings (SSSR count). The van der Waals surface area contributed by atoms with E-state index in [9.17, 15) is 4.79 Å². The number of nitrogens with two attached hydrogens (primary N) is 1. The molecule has 114 valence electrons. The third-order valence-corrected chi connectivity index (χ3v) is 3.36. The fraction of sp³-hybridized carbons (Fsp3) is 0.938. The van der Waals surface area contributed by atoms with Crippen molar-refractivity contribution in [3.63, 3.8) is 0 Å². The fourth-order valence-corrected chi connectivity index (χ4v) is 2.14. The maximum absolute atomic E-state index is 11.0. The molecule has 0 saturated carbocycles. The van der Waals surface area contributed by atoms with Crippen LogP contribution in [0.3, 0.4) is 0 Å². The molecule has 0 aromatic heterocycles. The summed E-state index contributed by atoms with van der Waals surface area (Å²) in [5.41, 5.74) is 5.27. The number of carbonyl (C=O) groups excluding carboxylic acids is 1. The Hall–Kier alpha value is -0.570. The number of hydrogen-bond acceptors (Lipinski definition) is 3. The quantitative estimate of drug-likeness (QED) is 0.381. The van der Waals surface area contributed by atoms with Crippen LogP contribution in [-0.4, -0.2) is 19.1 Å². The van der Waals surface area contributed by atoms with Crippen molar-refractivity contribution >= 4 is 5.97 Å². The molecule has 0 radical (unpaired) electrons. The first-order chi connectivity index (χ1) is 9.31. The lowest BCUT2D eigenvalue weighted by Gasteiger charge is -2.04. The van der Waals surface area contributed by atoms with Crippen molar-refractivity contribution in [3.8, 4) is 0 Å². The third kappa shape index (κ3) is 15.4. The van der Waals surface area contributed by atoms with Crippen molar-refractivity contribution in [1.82, 2.24) is 0 Å². The second-order valence-electron chi connectivity index (χ2n) is 5.29. The van der Waals surface area contributed by atoms with Crippen molar-refractivity contribution in [2.75, 3.05) is 13.2 Å². The Bertz CT molecular complexity index is 195. The predicted octanol–water partition coefficient (Wildman–Crippen LogP) is 4.19. The van der Waals surface area contributed by atoms with Crippen LogP contribution in [0.5, 0.6) is 0 Å². The van der Waals surface area contributed by atoms with Gasteiger partial charge in [-0.05, 0) is 6.42 Å². The van der Waals surface area contributed by atoms with E-state index in [-0.39, 0.29) is 5.97 Å². The van der Waals surface area contributed by atoms with Crippen LogP contribution >= 0.6 is 0 Å². The summed E-state index contributed by atoms with van der Waals surface area (Å²) in [7, 11) is 0. The fourth-order valence-electron chi connectivity index (χ4n) is 2.14. The molecule has 0 aliphatic carbocycles. The average Bonchev–Trinajstić information content (AvgIpc) is 2.40. The summed E-state index contributed by atoms with van der Waals surface area (Å²) in [6.45, 7) is 3.21. The molecule has 3 heteroatoms. The number of hydrogen-bond donors (Lipinski definition) is 1. The third-order valence-electron chi connectivity index (χ3n) is 3.36. The second kappa shape index (κ2) is 15.5. The Morgan fingerprint density at radius 1 is 0.842 bits per heavy atom. The molecule has 0 aromatic rings. The first-order valence-corrected chi connectivity index (χ1v) is 8.17. The highest BCUT2D eigenvalue weighted by atomic mass is 16.5. The van der Waals surface area contributed by atoms with Crippen LogP contribution < -0.4 is 5.73 Å². The van der Waals surface area contributed by atoms with Crippen molar-refractivity contribution < 1.29 is 9.53 Å². The molecule has 3 nitrogen and oxygen atoms in total. The molecule has 0 spiro atoms. The molecule has 0 aliphatic rings. The van der Waals surface area contributed by atoms with E-state index >= 15 is 0 Å². The smallest absolute Gasteiger partial charge is 0.307 e. The van der Waals surface area contributed by atoms with Crippen LogP contribution in [0.4, 0.5) is 0 Å². The monoisotopic (exact) mass is 271 g/mol. The number of carbonyl (C=O) groups is 1. The van der Waals surface area contributed by atoms with Crippen LogP contribution in [0.2, 0.25) is 0 Å². The summed E-state index contributed by atoms with van der Waals surface area (Å²) in [6, 6.07) is 0. The maximum atomic E-state index is 11.0. The number of esters is 1. The Balaban J connectivity index is 3.01. The topological polar surface area (TPSA) is 52.3 Å². The minimum absolute atomic E-state index is 0.158. The molecule has 0 fully saturated rings. The minimum atomic E-state index is -0.158. The van der Waals surface area contributed by atoms with Gasteiger partial charge in [-0.25, -0.2) is 0 Å². The van der Waals surface area contributed by atoms with Gasteiger partial charge in [-0.3, -0.25) is 4.79 Å². The summed E-state index contributed by atoms with van der Waals surface area (Å²) < 4.78 is 5.05. The van der Waals surface area contributed by atoms with Crippen molar-refractivity contribution in [2.45, 2.75) is 84.0 Å². The minimum Gasteiger partial charge on any atom is -0.466 e. The summed E-state index contributed by atoms with van der Waals surface area (Å²) in [5, 5.41) is 0. The lowest BCUT2D eigenvalue weighted by molar-refractivity contribution is -0.143. The Morgan fingerprint density at radius 3 is 1.79 bits per heavy atom. The summed E-state index contributed by atoms with van der Waals surface area (Å²) in [6.07, 6.45) is 14.8. The normalized spacial score (nSPS) is 10.6. The summed E-state index contributed by atoms with van der Waals surface area (Å²) in [5.74, 6) is -0.158. The van der Waals surface area contributed by atoms with Gasteiger partial charge in [0.15, 0.2) is 0 Å². The van der Waals surface area contributed by atoms with Gasteiger partial charge in [0.05, 0.1) is 13.0 Å². The highest BCUT2D eigenvalue weighted by Gasteiger charge is 1.99. The second-order valence-corrected chi connectivity index (χ2v) is 5.29. The lowest BCUT2D eigenvalue weighted by Crippen LogP contribution is -2.11. The lowest BCUT2D eigenvalue weighted by atomic mass is 10.1. The van der Waals surface area contributed by atoms with Gasteiger partial charge < -0.3 is 10.5 Å². The van der Waals surface area contributed by atoms with Crippen molar-refractivity contribution in [3.05, 3.63) is 0 Å². The molecule has 0 amide bonds. The molecule has 0 aromatic carbocycles. The molecule has 0 unspecified atom stereocenters. The standard InChI is InChI=1S/C16H33NO2/c1-2-3-4-5-6-7-8-9-10-11-12-15-19-16(18)13-14-17/h2-15,17H2,1H3. The van der Waals surface area contributed by atoms with Gasteiger partial charge >= 0.3 is 5.97 Å². The van der Waals surface area contributed by atoms with Crippen LogP contribution in [0.1, 0.15) is 84.0 Å². The van der Waals surface area contributed by atoms with Crippen LogP contribution in [0.25, 0.3) is 0 Å². The zero-order valence-electron chi connectivity index (χ0n) is 12.8. The molecular weight excluding hydrogens is 238 g/mol. The molecule has 19 heavy (non-hydrogen) atoms. The molecule has 0 aliphatic heterocycles. The van der Waals surface area contributed by atoms with E-state index in [4.69, 9.17) is 10.5 Å². The van der Waals surface area contributed by atoms with E-state index in [1.54, 1.807) is 0 Å². The van der Waals surface area contributed by atoms with E-state index in [0.29, 0.717) is 19.6 Å². The molecule has 0 saturated heterocycles. The largest absolute Gasteiger partial charge is 0.466 e. The highest BCUT2D eigenvalue weighted by molar-refractivity contribution is 5.69. The van der Waals surface area contributed by atoms with Crippen LogP contribution in [0.15, 0.2) is 0 Å². The van der Waals surface area contributed by atoms with Crippen molar-refractivity contribution in [1.29, 1.82) is 0 Å². The maximum Gasteiger partial charge on any atom is 0.307 e. The Kier molecular flexibility index (Phi) is 15.0. The van der Waals surface area contributed by atoms with Gasteiger partial charge in [0.2, 0.25) is 0 Å². The average molecular weight is 271 g/mol. The van der Waals surface area contributed by atoms with Crippen molar-refractivity contribution in [2.24, 2.45) is 5.73 Å². The Morgan fingerprint density at radius 2 is 1.32 bits per heavy atom. The van der Waals surface area contributed by atoms with E-state index in [1.807, 2.05) is 0 Å². The zero-order valence-corrected chi connectivity index (χ0v) is 12.8. The van der Waals surface area contributed by atoms with E-state index in [1.165, 1.54) is 64.2 Å². The van der Waals surface area contributed by atoms with Gasteiger partial charge in [0.1, 0.15) is 0 Å². The highest BCUT2D eigenvalue weighted by Crippen LogP contribution is 2.11. The van der Waals surface area contributed by atoms with Gasteiger partial charge in [0.25, 0.3) is 0 Å². The van der Waals surface area contributed by atoms with Gasteiger partial charge in [-0.2, -0.15) is 0 Å². The molecule has 0 bridgehead atoms. The first kappa shape index (κ1) is 18.4. The molecule has 0 atom stereocenters. The summed E-state index contributed by atoms with van der Waals surface area (Å²) >= 11 is 0. The van der Waals surface area contributed by atoms with E-state index < -0.39 is 0 Å². The number of unbranched alkanes of at least 4 members (excludes halogenated alkanes) is 10. The van der Waals surface area contributed by atoms with Crippen LogP contribution in [-0.2, 0) is 9.53 Å². The zero-order chi connectivity index (χ0) is 14.2. The summed E-state index contributed by atoms with van der Waals surface area (Å²) in [4.78, 5) is 11.0. The molecule has 2 N–H and O–H groups in total. The predicted molar refractivity (Wildman–Crippen MR) is 81.1 cm³/mol. The van der Waals surface area contributed by atoms with E-state index in [2.05, 4.69) is 6.92 Å². The first-order valence-electron chi connectivity index (χ1n) is 8.17. The number of rotatable bonds is 14. The Labute approximate surface area is 119 Å². The van der Waals surface area contributed by atoms with Gasteiger partial charge in [0, 0.05) is 6.54 Å². The van der Waals surface area contributed by atoms with Gasteiger partial charge in [-0.1, -0.05) is 71.1 Å². The SMILES string of the molecule is CCCCCCCCCCCCCOC(=O)CCN. The number of ether oxygens (including phenoxy) is 1. The molecular formula is C16H33NO2. The van der Waals surface area contributed by atoms with Crippen LogP contribution in [0, 0.1) is 0 Å². The van der Waals surface area contributed by atoms with Gasteiger partial charge in [-0.15, -0.1) is 0 Å².